The lowest BCUT2D eigenvalue weighted by molar-refractivity contribution is 0.0696. The van der Waals surface area contributed by atoms with Crippen LogP contribution in [0.15, 0.2) is 71.1 Å². The molecule has 0 atom stereocenters. The average Bonchev–Trinajstić information content (AvgIpc) is 3.07. The van der Waals surface area contributed by atoms with E-state index >= 15 is 0 Å². The second-order valence-electron chi connectivity index (χ2n) is 6.39. The van der Waals surface area contributed by atoms with Crippen LogP contribution in [0.25, 0.3) is 0 Å². The third-order valence-corrected chi connectivity index (χ3v) is 4.33. The van der Waals surface area contributed by atoms with E-state index in [0.29, 0.717) is 18.5 Å². The number of carboxylic acids is 1. The molecule has 0 bridgehead atoms. The van der Waals surface area contributed by atoms with Crippen LogP contribution in [-0.2, 0) is 13.0 Å². The second kappa shape index (κ2) is 8.68. The molecule has 0 fully saturated rings. The summed E-state index contributed by atoms with van der Waals surface area (Å²) >= 11 is 0. The second-order valence-corrected chi connectivity index (χ2v) is 6.39. The Labute approximate surface area is 162 Å². The standard InChI is InChI=1S/C21H21N5O2/c22-24-10-15-4-6-16(7-5-15)12-26-13-19(20(14-26)21(27)28)9-17-2-1-3-18(8-17)11-25-23/h1-8,10-11,13-14H,9,12,22-23H2,(H,27,28)/b24-10-,25-11-. The van der Waals surface area contributed by atoms with Gasteiger partial charge < -0.3 is 21.4 Å². The van der Waals surface area contributed by atoms with Crippen molar-refractivity contribution in [1.82, 2.24) is 4.57 Å². The fourth-order valence-corrected chi connectivity index (χ4v) is 3.08. The summed E-state index contributed by atoms with van der Waals surface area (Å²) in [5, 5.41) is 16.6. The molecule has 0 amide bonds. The Morgan fingerprint density at radius 3 is 2.36 bits per heavy atom. The number of carbonyl (C=O) groups is 1. The van der Waals surface area contributed by atoms with Crippen LogP contribution in [0.2, 0.25) is 0 Å². The molecule has 3 aromatic rings. The fourth-order valence-electron chi connectivity index (χ4n) is 3.08. The van der Waals surface area contributed by atoms with Gasteiger partial charge in [-0.3, -0.25) is 0 Å². The van der Waals surface area contributed by atoms with Gasteiger partial charge in [0.1, 0.15) is 0 Å². The number of hydrogen-bond donors (Lipinski definition) is 3. The average molecular weight is 375 g/mol. The summed E-state index contributed by atoms with van der Waals surface area (Å²) in [5.41, 5.74) is 4.87. The lowest BCUT2D eigenvalue weighted by Crippen LogP contribution is -2.00. The maximum absolute atomic E-state index is 11.7. The number of carboxylic acid groups (broad SMARTS) is 1. The summed E-state index contributed by atoms with van der Waals surface area (Å²) in [6.45, 7) is 0.570. The molecule has 5 N–H and O–H groups in total. The number of hydrogen-bond acceptors (Lipinski definition) is 5. The van der Waals surface area contributed by atoms with Gasteiger partial charge in [-0.2, -0.15) is 10.2 Å². The zero-order valence-electron chi connectivity index (χ0n) is 15.2. The number of nitrogens with zero attached hydrogens (tertiary/aromatic N) is 3. The van der Waals surface area contributed by atoms with Crippen LogP contribution in [0.4, 0.5) is 0 Å². The SMILES string of the molecule is N/N=C\c1ccc(Cn2cc(Cc3cccc(/C=N\N)c3)c(C(=O)O)c2)cc1. The van der Waals surface area contributed by atoms with E-state index in [1.807, 2.05) is 59.3 Å². The molecule has 0 unspecified atom stereocenters. The van der Waals surface area contributed by atoms with Gasteiger partial charge in [0, 0.05) is 18.9 Å². The van der Waals surface area contributed by atoms with Crippen LogP contribution in [0.1, 0.15) is 38.2 Å². The van der Waals surface area contributed by atoms with Crippen molar-refractivity contribution in [2.45, 2.75) is 13.0 Å². The van der Waals surface area contributed by atoms with E-state index < -0.39 is 5.97 Å². The first-order valence-corrected chi connectivity index (χ1v) is 8.65. The highest BCUT2D eigenvalue weighted by molar-refractivity contribution is 5.89. The molecule has 7 nitrogen and oxygen atoms in total. The molecule has 7 heteroatoms. The van der Waals surface area contributed by atoms with Crippen molar-refractivity contribution >= 4 is 18.4 Å². The van der Waals surface area contributed by atoms with E-state index in [4.69, 9.17) is 11.7 Å². The number of hydrazone groups is 2. The quantitative estimate of drug-likeness (QED) is 0.334. The lowest BCUT2D eigenvalue weighted by Gasteiger charge is -2.04. The third-order valence-electron chi connectivity index (χ3n) is 4.33. The van der Waals surface area contributed by atoms with Crippen molar-refractivity contribution in [3.05, 3.63) is 94.3 Å². The number of aromatic carboxylic acids is 1. The van der Waals surface area contributed by atoms with Crippen LogP contribution in [0.3, 0.4) is 0 Å². The first-order valence-electron chi connectivity index (χ1n) is 8.65. The van der Waals surface area contributed by atoms with Crippen molar-refractivity contribution in [1.29, 1.82) is 0 Å². The van der Waals surface area contributed by atoms with Gasteiger partial charge in [0.25, 0.3) is 0 Å². The van der Waals surface area contributed by atoms with Crippen LogP contribution in [0, 0.1) is 0 Å². The minimum absolute atomic E-state index is 0.296. The summed E-state index contributed by atoms with van der Waals surface area (Å²) in [6.07, 6.45) is 7.18. The highest BCUT2D eigenvalue weighted by atomic mass is 16.4. The molecule has 0 aliphatic heterocycles. The molecule has 0 aliphatic rings. The van der Waals surface area contributed by atoms with Crippen molar-refractivity contribution in [3.8, 4) is 0 Å². The molecule has 3 rings (SSSR count). The smallest absolute Gasteiger partial charge is 0.337 e. The van der Waals surface area contributed by atoms with Crippen molar-refractivity contribution < 1.29 is 9.90 Å². The Balaban J connectivity index is 1.83. The summed E-state index contributed by atoms with van der Waals surface area (Å²) in [7, 11) is 0. The molecule has 28 heavy (non-hydrogen) atoms. The molecule has 0 spiro atoms. The van der Waals surface area contributed by atoms with Gasteiger partial charge in [0.05, 0.1) is 18.0 Å². The molecule has 0 aliphatic carbocycles. The van der Waals surface area contributed by atoms with Gasteiger partial charge in [-0.05, 0) is 40.3 Å². The zero-order valence-corrected chi connectivity index (χ0v) is 15.2. The molecule has 142 valence electrons. The maximum atomic E-state index is 11.7. The van der Waals surface area contributed by atoms with Gasteiger partial charge >= 0.3 is 5.97 Å². The third kappa shape index (κ3) is 4.64. The number of rotatable bonds is 7. The predicted molar refractivity (Wildman–Crippen MR) is 110 cm³/mol. The largest absolute Gasteiger partial charge is 0.478 e. The predicted octanol–water partition coefficient (Wildman–Crippen LogP) is 2.41. The minimum Gasteiger partial charge on any atom is -0.478 e. The van der Waals surface area contributed by atoms with Crippen LogP contribution in [-0.4, -0.2) is 28.1 Å². The molecule has 0 radical (unpaired) electrons. The summed E-state index contributed by atoms with van der Waals surface area (Å²) in [6, 6.07) is 15.4. The monoisotopic (exact) mass is 375 g/mol. The zero-order chi connectivity index (χ0) is 19.9. The van der Waals surface area contributed by atoms with E-state index in [1.54, 1.807) is 18.6 Å². The molecule has 1 heterocycles. The Bertz CT molecular complexity index is 1020. The molecule has 1 aromatic heterocycles. The Kier molecular flexibility index (Phi) is 5.86. The summed E-state index contributed by atoms with van der Waals surface area (Å²) in [5.74, 6) is 9.42. The number of nitrogens with two attached hydrogens (primary N) is 2. The van der Waals surface area contributed by atoms with Crippen LogP contribution >= 0.6 is 0 Å². The number of aromatic nitrogens is 1. The first-order chi connectivity index (χ1) is 13.6. The Morgan fingerprint density at radius 1 is 0.964 bits per heavy atom. The van der Waals surface area contributed by atoms with E-state index in [1.165, 1.54) is 0 Å². The number of benzene rings is 2. The van der Waals surface area contributed by atoms with E-state index in [-0.39, 0.29) is 0 Å². The van der Waals surface area contributed by atoms with Gasteiger partial charge in [-0.1, -0.05) is 42.5 Å². The normalized spacial score (nSPS) is 11.4. The van der Waals surface area contributed by atoms with E-state index in [2.05, 4.69) is 10.2 Å². The van der Waals surface area contributed by atoms with Gasteiger partial charge in [-0.15, -0.1) is 0 Å². The van der Waals surface area contributed by atoms with Gasteiger partial charge in [0.15, 0.2) is 0 Å². The highest BCUT2D eigenvalue weighted by Crippen LogP contribution is 2.18. The summed E-state index contributed by atoms with van der Waals surface area (Å²) < 4.78 is 1.88. The van der Waals surface area contributed by atoms with E-state index in [0.717, 1.165) is 27.8 Å². The molecule has 2 aromatic carbocycles. The Morgan fingerprint density at radius 2 is 1.68 bits per heavy atom. The topological polar surface area (TPSA) is 119 Å². The maximum Gasteiger partial charge on any atom is 0.337 e. The van der Waals surface area contributed by atoms with Crippen molar-refractivity contribution in [2.75, 3.05) is 0 Å². The lowest BCUT2D eigenvalue weighted by atomic mass is 10.0. The van der Waals surface area contributed by atoms with Gasteiger partial charge in [-0.25, -0.2) is 4.79 Å². The molecular weight excluding hydrogens is 354 g/mol. The Hall–Kier alpha value is -3.87. The van der Waals surface area contributed by atoms with E-state index in [9.17, 15) is 9.90 Å². The van der Waals surface area contributed by atoms with Crippen molar-refractivity contribution in [2.24, 2.45) is 21.9 Å². The fraction of sp³-hybridized carbons (Fsp3) is 0.0952. The molecule has 0 saturated carbocycles. The minimum atomic E-state index is -0.942. The first kappa shape index (κ1) is 18.9. The van der Waals surface area contributed by atoms with Crippen LogP contribution in [0.5, 0.6) is 0 Å². The summed E-state index contributed by atoms with van der Waals surface area (Å²) in [4.78, 5) is 11.7. The highest BCUT2D eigenvalue weighted by Gasteiger charge is 2.14. The van der Waals surface area contributed by atoms with Crippen LogP contribution < -0.4 is 11.7 Å². The van der Waals surface area contributed by atoms with Crippen molar-refractivity contribution in [3.63, 3.8) is 0 Å². The molecular formula is C21H21N5O2. The van der Waals surface area contributed by atoms with Gasteiger partial charge in [0.2, 0.25) is 0 Å². The molecule has 0 saturated heterocycles.